The van der Waals surface area contributed by atoms with E-state index in [4.69, 9.17) is 5.73 Å². The first-order valence-corrected chi connectivity index (χ1v) is 9.73. The van der Waals surface area contributed by atoms with Crippen molar-refractivity contribution in [3.05, 3.63) is 53.9 Å². The first-order chi connectivity index (χ1) is 13.9. The van der Waals surface area contributed by atoms with Gasteiger partial charge in [0.1, 0.15) is 5.69 Å². The first-order valence-electron chi connectivity index (χ1n) is 9.73. The lowest BCUT2D eigenvalue weighted by atomic mass is 10.2. The highest BCUT2D eigenvalue weighted by atomic mass is 16.2. The number of nitrogens with two attached hydrogens (primary N) is 1. The van der Waals surface area contributed by atoms with Crippen molar-refractivity contribution in [2.75, 3.05) is 38.2 Å². The number of anilines is 2. The lowest BCUT2D eigenvalue weighted by molar-refractivity contribution is 0.102. The average Bonchev–Trinajstić information content (AvgIpc) is 3.51. The van der Waals surface area contributed by atoms with E-state index >= 15 is 0 Å². The molecular formula is C21H28N6O2. The predicted octanol–water partition coefficient (Wildman–Crippen LogP) is 2.15. The third-order valence-electron chi connectivity index (χ3n) is 4.65. The molecule has 0 saturated heterocycles. The van der Waals surface area contributed by atoms with E-state index < -0.39 is 0 Å². The second-order valence-electron chi connectivity index (χ2n) is 7.54. The normalized spacial score (nSPS) is 13.2. The van der Waals surface area contributed by atoms with E-state index in [-0.39, 0.29) is 11.9 Å². The Morgan fingerprint density at radius 1 is 1.14 bits per heavy atom. The molecule has 0 unspecified atom stereocenters. The molecule has 0 bridgehead atoms. The largest absolute Gasteiger partial charge is 0.397 e. The number of nitrogen functional groups attached to an aromatic ring is 1. The van der Waals surface area contributed by atoms with E-state index in [0.29, 0.717) is 36.2 Å². The van der Waals surface area contributed by atoms with Gasteiger partial charge in [0, 0.05) is 31.9 Å². The lowest BCUT2D eigenvalue weighted by Gasteiger charge is -2.24. The molecule has 1 fully saturated rings. The van der Waals surface area contributed by atoms with E-state index in [1.54, 1.807) is 41.4 Å². The maximum absolute atomic E-state index is 12.5. The van der Waals surface area contributed by atoms with Gasteiger partial charge in [-0.25, -0.2) is 4.79 Å². The Bertz CT molecular complexity index is 849. The van der Waals surface area contributed by atoms with E-state index in [1.807, 2.05) is 25.1 Å². The van der Waals surface area contributed by atoms with Crippen LogP contribution in [0.2, 0.25) is 0 Å². The van der Waals surface area contributed by atoms with Crippen LogP contribution in [0.1, 0.15) is 28.9 Å². The third kappa shape index (κ3) is 6.18. The van der Waals surface area contributed by atoms with Crippen LogP contribution in [0.15, 0.2) is 42.6 Å². The number of carbonyl (C=O) groups is 2. The van der Waals surface area contributed by atoms with Gasteiger partial charge < -0.3 is 26.2 Å². The molecule has 3 rings (SSSR count). The van der Waals surface area contributed by atoms with Gasteiger partial charge in [0.05, 0.1) is 11.4 Å². The number of aromatic nitrogens is 1. The van der Waals surface area contributed by atoms with Crippen LogP contribution in [0.5, 0.6) is 0 Å². The molecule has 0 aliphatic heterocycles. The molecule has 8 heteroatoms. The molecule has 3 amide bonds. The molecule has 1 aromatic heterocycles. The second kappa shape index (κ2) is 9.38. The van der Waals surface area contributed by atoms with Crippen molar-refractivity contribution >= 4 is 23.3 Å². The summed E-state index contributed by atoms with van der Waals surface area (Å²) < 4.78 is 0. The highest BCUT2D eigenvalue weighted by molar-refractivity contribution is 6.04. The smallest absolute Gasteiger partial charge is 0.317 e. The fraction of sp³-hybridized carbons (Fsp3) is 0.381. The third-order valence-corrected chi connectivity index (χ3v) is 4.65. The number of hydrogen-bond acceptors (Lipinski definition) is 5. The number of likely N-dealkylation sites (N-methyl/N-ethyl adjacent to an activating group) is 1. The predicted molar refractivity (Wildman–Crippen MR) is 114 cm³/mol. The van der Waals surface area contributed by atoms with Crippen LogP contribution < -0.4 is 16.4 Å². The summed E-state index contributed by atoms with van der Waals surface area (Å²) in [5.41, 5.74) is 8.06. The van der Waals surface area contributed by atoms with Gasteiger partial charge in [0.25, 0.3) is 5.91 Å². The van der Waals surface area contributed by atoms with E-state index in [9.17, 15) is 9.59 Å². The highest BCUT2D eigenvalue weighted by Gasteiger charge is 2.26. The highest BCUT2D eigenvalue weighted by Crippen LogP contribution is 2.20. The summed E-state index contributed by atoms with van der Waals surface area (Å²) >= 11 is 0. The molecule has 1 aromatic carbocycles. The van der Waals surface area contributed by atoms with Crippen LogP contribution in [-0.2, 0) is 6.54 Å². The van der Waals surface area contributed by atoms with E-state index in [0.717, 1.165) is 24.9 Å². The number of nitrogens with one attached hydrogen (secondary N) is 2. The van der Waals surface area contributed by atoms with E-state index in [1.165, 1.54) is 0 Å². The quantitative estimate of drug-likeness (QED) is 0.593. The van der Waals surface area contributed by atoms with Crippen molar-refractivity contribution in [3.8, 4) is 0 Å². The monoisotopic (exact) mass is 396 g/mol. The van der Waals surface area contributed by atoms with Crippen molar-refractivity contribution < 1.29 is 9.59 Å². The van der Waals surface area contributed by atoms with E-state index in [2.05, 4.69) is 15.6 Å². The van der Waals surface area contributed by atoms with Crippen LogP contribution in [-0.4, -0.2) is 59.9 Å². The molecule has 1 aliphatic carbocycles. The number of para-hydroxylation sites is 2. The molecule has 1 saturated carbocycles. The summed E-state index contributed by atoms with van der Waals surface area (Å²) in [5, 5.41) is 5.79. The molecular weight excluding hydrogens is 368 g/mol. The number of urea groups is 1. The first kappa shape index (κ1) is 20.6. The van der Waals surface area contributed by atoms with Crippen molar-refractivity contribution in [1.82, 2.24) is 20.1 Å². The van der Waals surface area contributed by atoms with Gasteiger partial charge in [0.15, 0.2) is 0 Å². The summed E-state index contributed by atoms with van der Waals surface area (Å²) in [6, 6.07) is 10.8. The maximum Gasteiger partial charge on any atom is 0.317 e. The van der Waals surface area contributed by atoms with Crippen molar-refractivity contribution in [2.24, 2.45) is 0 Å². The van der Waals surface area contributed by atoms with Gasteiger partial charge in [-0.3, -0.25) is 9.78 Å². The summed E-state index contributed by atoms with van der Waals surface area (Å²) in [4.78, 5) is 33.0. The molecule has 0 atom stereocenters. The fourth-order valence-corrected chi connectivity index (χ4v) is 2.74. The zero-order chi connectivity index (χ0) is 20.8. The van der Waals surface area contributed by atoms with Gasteiger partial charge in [0.2, 0.25) is 0 Å². The van der Waals surface area contributed by atoms with Gasteiger partial charge in [-0.05, 0) is 50.7 Å². The van der Waals surface area contributed by atoms with Crippen molar-refractivity contribution in [3.63, 3.8) is 0 Å². The van der Waals surface area contributed by atoms with Gasteiger partial charge in [-0.2, -0.15) is 0 Å². The Balaban J connectivity index is 1.62. The van der Waals surface area contributed by atoms with Crippen LogP contribution in [0, 0.1) is 0 Å². The summed E-state index contributed by atoms with van der Waals surface area (Å²) in [5.74, 6) is -0.328. The molecule has 0 spiro atoms. The molecule has 0 radical (unpaired) electrons. The van der Waals surface area contributed by atoms with Crippen LogP contribution in [0.3, 0.4) is 0 Å². The molecule has 2 aromatic rings. The van der Waals surface area contributed by atoms with Crippen LogP contribution >= 0.6 is 0 Å². The zero-order valence-electron chi connectivity index (χ0n) is 16.9. The van der Waals surface area contributed by atoms with Crippen molar-refractivity contribution in [1.29, 1.82) is 0 Å². The molecule has 1 aliphatic rings. The summed E-state index contributed by atoms with van der Waals surface area (Å²) in [7, 11) is 3.96. The number of nitrogens with zero attached hydrogens (tertiary/aromatic N) is 3. The number of hydrogen-bond donors (Lipinski definition) is 3. The van der Waals surface area contributed by atoms with Crippen molar-refractivity contribution in [2.45, 2.75) is 25.4 Å². The molecule has 29 heavy (non-hydrogen) atoms. The topological polar surface area (TPSA) is 104 Å². The molecule has 8 nitrogen and oxygen atoms in total. The van der Waals surface area contributed by atoms with Gasteiger partial charge >= 0.3 is 6.03 Å². The Labute approximate surface area is 171 Å². The number of carbonyl (C=O) groups excluding carboxylic acids is 2. The lowest BCUT2D eigenvalue weighted by Crippen LogP contribution is -2.43. The Kier molecular flexibility index (Phi) is 6.66. The molecule has 4 N–H and O–H groups in total. The van der Waals surface area contributed by atoms with Gasteiger partial charge in [-0.1, -0.05) is 18.2 Å². The maximum atomic E-state index is 12.5. The summed E-state index contributed by atoms with van der Waals surface area (Å²) in [6.07, 6.45) is 3.73. The number of pyridine rings is 1. The molecule has 1 heterocycles. The average molecular weight is 396 g/mol. The number of rotatable bonds is 8. The zero-order valence-corrected chi connectivity index (χ0v) is 16.9. The molecule has 154 valence electrons. The SMILES string of the molecule is CN(C)CCN(Cc1ccc(C(=O)Nc2ccccc2N)nc1)C(=O)NC1CC1. The standard InChI is InChI=1S/C21H28N6O2/c1-26(2)11-12-27(21(29)24-16-8-9-16)14-15-7-10-19(23-13-15)20(28)25-18-6-4-3-5-17(18)22/h3-7,10,13,16H,8-9,11-12,14,22H2,1-2H3,(H,24,29)(H,25,28). The Morgan fingerprint density at radius 2 is 1.90 bits per heavy atom. The minimum atomic E-state index is -0.328. The fourth-order valence-electron chi connectivity index (χ4n) is 2.74. The summed E-state index contributed by atoms with van der Waals surface area (Å²) in [6.45, 7) is 1.82. The van der Waals surface area contributed by atoms with Gasteiger partial charge in [-0.15, -0.1) is 0 Å². The van der Waals surface area contributed by atoms with Crippen LogP contribution in [0.4, 0.5) is 16.2 Å². The Hall–Kier alpha value is -3.13. The number of benzene rings is 1. The minimum absolute atomic E-state index is 0.0595. The number of amides is 3. The second-order valence-corrected chi connectivity index (χ2v) is 7.54. The Morgan fingerprint density at radius 3 is 2.52 bits per heavy atom. The minimum Gasteiger partial charge on any atom is -0.397 e. The van der Waals surface area contributed by atoms with Crippen LogP contribution in [0.25, 0.3) is 0 Å².